The number of hydrogen-bond acceptors (Lipinski definition) is 7. The topological polar surface area (TPSA) is 151 Å². The molecule has 0 saturated heterocycles. The molecule has 0 aliphatic rings. The maximum Gasteiger partial charge on any atom is 0.408 e. The number of likely N-dealkylation sites (N-methyl/N-ethyl adjacent to an activating group) is 1. The molecule has 38 heavy (non-hydrogen) atoms. The molecule has 0 bridgehead atoms. The zero-order valence-electron chi connectivity index (χ0n) is 19.8. The van der Waals surface area contributed by atoms with E-state index < -0.39 is 37.0 Å². The van der Waals surface area contributed by atoms with Gasteiger partial charge in [-0.25, -0.2) is 5.48 Å². The van der Waals surface area contributed by atoms with Gasteiger partial charge < -0.3 is 10.6 Å². The van der Waals surface area contributed by atoms with Crippen LogP contribution < -0.4 is 16.1 Å². The van der Waals surface area contributed by atoms with Gasteiger partial charge in [0, 0.05) is 13.2 Å². The van der Waals surface area contributed by atoms with E-state index in [-0.39, 0.29) is 44.4 Å². The van der Waals surface area contributed by atoms with E-state index in [0.717, 1.165) is 6.20 Å². The first kappa shape index (κ1) is 28.1. The van der Waals surface area contributed by atoms with Crippen LogP contribution in [0.4, 0.5) is 18.9 Å². The number of carbonyl (C=O) groups is 3. The monoisotopic (exact) mass is 549 g/mol. The summed E-state index contributed by atoms with van der Waals surface area (Å²) >= 11 is 6.16. The lowest BCUT2D eigenvalue weighted by molar-refractivity contribution is -0.142. The van der Waals surface area contributed by atoms with E-state index in [9.17, 15) is 32.8 Å². The molecule has 1 aromatic carbocycles. The molecule has 15 heteroatoms. The number of amides is 3. The van der Waals surface area contributed by atoms with Crippen molar-refractivity contribution in [2.24, 2.45) is 0 Å². The minimum Gasteiger partial charge on any atom is -0.357 e. The number of halogens is 4. The molecular formula is C23H19ClF3N7O4. The Morgan fingerprint density at radius 1 is 1.21 bits per heavy atom. The number of alkyl halides is 3. The maximum absolute atomic E-state index is 13.3. The Morgan fingerprint density at radius 3 is 2.58 bits per heavy atom. The molecule has 0 atom stereocenters. The largest absolute Gasteiger partial charge is 0.408 e. The van der Waals surface area contributed by atoms with Crippen molar-refractivity contribution in [1.82, 2.24) is 25.6 Å². The molecule has 0 spiro atoms. The van der Waals surface area contributed by atoms with Crippen molar-refractivity contribution in [3.05, 3.63) is 63.9 Å². The van der Waals surface area contributed by atoms with Crippen LogP contribution in [-0.2, 0) is 16.2 Å². The molecule has 3 aromatic rings. The number of aromatic nitrogens is 3. The Balaban J connectivity index is 2.02. The summed E-state index contributed by atoms with van der Waals surface area (Å²) in [6.07, 6.45) is -2.45. The lowest BCUT2D eigenvalue weighted by Crippen LogP contribution is -2.31. The average Bonchev–Trinajstić information content (AvgIpc) is 3.26. The van der Waals surface area contributed by atoms with E-state index in [4.69, 9.17) is 16.4 Å². The van der Waals surface area contributed by atoms with Crippen molar-refractivity contribution >= 4 is 35.0 Å². The van der Waals surface area contributed by atoms with Crippen molar-refractivity contribution in [3.8, 4) is 17.5 Å². The second-order valence-corrected chi connectivity index (χ2v) is 8.10. The number of rotatable bonds is 8. The molecular weight excluding hydrogens is 531 g/mol. The lowest BCUT2D eigenvalue weighted by Gasteiger charge is -2.16. The van der Waals surface area contributed by atoms with E-state index in [1.807, 2.05) is 11.5 Å². The number of anilines is 1. The van der Waals surface area contributed by atoms with Gasteiger partial charge in [0.05, 0.1) is 39.7 Å². The summed E-state index contributed by atoms with van der Waals surface area (Å²) in [5.74, 6) is -2.36. The third kappa shape index (κ3) is 6.64. The number of carbonyl (C=O) groups excluding carboxylic acids is 3. The van der Waals surface area contributed by atoms with Crippen LogP contribution in [0.2, 0.25) is 5.02 Å². The van der Waals surface area contributed by atoms with Crippen molar-refractivity contribution in [2.75, 3.05) is 19.0 Å². The normalized spacial score (nSPS) is 11.0. The van der Waals surface area contributed by atoms with Crippen LogP contribution in [0.3, 0.4) is 0 Å². The zero-order chi connectivity index (χ0) is 28.0. The summed E-state index contributed by atoms with van der Waals surface area (Å²) in [6, 6.07) is 7.30. The van der Waals surface area contributed by atoms with Crippen LogP contribution in [0, 0.1) is 18.3 Å². The molecule has 2 aromatic heterocycles. The van der Waals surface area contributed by atoms with E-state index in [1.165, 1.54) is 44.4 Å². The van der Waals surface area contributed by atoms with Gasteiger partial charge in [-0.3, -0.25) is 28.9 Å². The molecule has 11 nitrogen and oxygen atoms in total. The highest BCUT2D eigenvalue weighted by Gasteiger charge is 2.32. The minimum atomic E-state index is -4.67. The molecule has 0 aliphatic carbocycles. The summed E-state index contributed by atoms with van der Waals surface area (Å²) < 4.78 is 40.2. The SMILES string of the molecule is CNC(=O)CONC(=O)c1cc(C#N)cc(C)c1NC(=O)c1cnn(CC(F)(F)F)c1-c1ncccc1Cl. The summed E-state index contributed by atoms with van der Waals surface area (Å²) in [5.41, 5.74) is 1.43. The molecule has 198 valence electrons. The quantitative estimate of drug-likeness (QED) is 0.365. The Morgan fingerprint density at radius 2 is 1.95 bits per heavy atom. The first-order valence-electron chi connectivity index (χ1n) is 10.7. The third-order valence-electron chi connectivity index (χ3n) is 4.99. The van der Waals surface area contributed by atoms with Gasteiger partial charge in [0.25, 0.3) is 11.8 Å². The number of pyridine rings is 1. The van der Waals surface area contributed by atoms with E-state index >= 15 is 0 Å². The second-order valence-electron chi connectivity index (χ2n) is 7.69. The molecule has 0 unspecified atom stereocenters. The molecule has 0 aliphatic heterocycles. The van der Waals surface area contributed by atoms with Gasteiger partial charge in [0.15, 0.2) is 6.61 Å². The van der Waals surface area contributed by atoms with Crippen LogP contribution >= 0.6 is 11.6 Å². The Labute approximate surface area is 218 Å². The summed E-state index contributed by atoms with van der Waals surface area (Å²) in [5, 5.41) is 17.8. The van der Waals surface area contributed by atoms with Crippen molar-refractivity contribution in [1.29, 1.82) is 5.26 Å². The summed E-state index contributed by atoms with van der Waals surface area (Å²) in [7, 11) is 1.37. The minimum absolute atomic E-state index is 0.0200. The number of nitrogens with zero attached hydrogens (tertiary/aromatic N) is 4. The predicted molar refractivity (Wildman–Crippen MR) is 128 cm³/mol. The van der Waals surface area contributed by atoms with Crippen LogP contribution in [0.5, 0.6) is 0 Å². The highest BCUT2D eigenvalue weighted by atomic mass is 35.5. The Bertz CT molecular complexity index is 1430. The molecule has 3 rings (SSSR count). The lowest BCUT2D eigenvalue weighted by atomic mass is 10.0. The first-order chi connectivity index (χ1) is 17.9. The van der Waals surface area contributed by atoms with Gasteiger partial charge in [0.2, 0.25) is 5.91 Å². The molecule has 0 radical (unpaired) electrons. The van der Waals surface area contributed by atoms with Gasteiger partial charge in [-0.15, -0.1) is 0 Å². The highest BCUT2D eigenvalue weighted by Crippen LogP contribution is 2.32. The molecule has 3 amide bonds. The number of hydroxylamine groups is 1. The molecule has 0 fully saturated rings. The van der Waals surface area contributed by atoms with Gasteiger partial charge in [-0.05, 0) is 36.8 Å². The standard InChI is InChI=1S/C23H19ClF3N7O4/c1-12-6-13(8-28)7-14(22(37)33-38-10-17(35)29-2)18(12)32-21(36)15-9-31-34(11-23(25,26)27)20(15)19-16(24)4-3-5-30-19/h3-7,9H,10-11H2,1-2H3,(H,29,35)(H,32,36)(H,33,37). The number of nitrogens with one attached hydrogen (secondary N) is 3. The predicted octanol–water partition coefficient (Wildman–Crippen LogP) is 3.00. The number of nitriles is 1. The number of hydrogen-bond donors (Lipinski definition) is 3. The third-order valence-corrected chi connectivity index (χ3v) is 5.30. The fourth-order valence-electron chi connectivity index (χ4n) is 3.32. The van der Waals surface area contributed by atoms with Crippen molar-refractivity contribution in [3.63, 3.8) is 0 Å². The van der Waals surface area contributed by atoms with Crippen LogP contribution in [0.25, 0.3) is 11.4 Å². The Kier molecular flexibility index (Phi) is 8.66. The van der Waals surface area contributed by atoms with Crippen LogP contribution in [0.15, 0.2) is 36.7 Å². The molecule has 3 N–H and O–H groups in total. The van der Waals surface area contributed by atoms with E-state index in [2.05, 4.69) is 20.7 Å². The zero-order valence-corrected chi connectivity index (χ0v) is 20.6. The first-order valence-corrected chi connectivity index (χ1v) is 11.0. The van der Waals surface area contributed by atoms with Crippen LogP contribution in [-0.4, -0.2) is 52.3 Å². The van der Waals surface area contributed by atoms with E-state index in [0.29, 0.717) is 4.68 Å². The van der Waals surface area contributed by atoms with E-state index in [1.54, 1.807) is 0 Å². The van der Waals surface area contributed by atoms with Gasteiger partial charge in [-0.1, -0.05) is 11.6 Å². The highest BCUT2D eigenvalue weighted by molar-refractivity contribution is 6.33. The Hall–Kier alpha value is -4.48. The van der Waals surface area contributed by atoms with Crippen LogP contribution in [0.1, 0.15) is 31.8 Å². The second kappa shape index (κ2) is 11.7. The molecule has 2 heterocycles. The van der Waals surface area contributed by atoms with Gasteiger partial charge >= 0.3 is 6.18 Å². The number of aryl methyl sites for hydroxylation is 1. The summed E-state index contributed by atoms with van der Waals surface area (Å²) in [6.45, 7) is -0.523. The van der Waals surface area contributed by atoms with Crippen molar-refractivity contribution in [2.45, 2.75) is 19.6 Å². The van der Waals surface area contributed by atoms with Gasteiger partial charge in [0.1, 0.15) is 17.9 Å². The molecule has 0 saturated carbocycles. The average molecular weight is 550 g/mol. The van der Waals surface area contributed by atoms with Crippen molar-refractivity contribution < 1.29 is 32.4 Å². The van der Waals surface area contributed by atoms with Gasteiger partial charge in [-0.2, -0.15) is 23.5 Å². The fourth-order valence-corrected chi connectivity index (χ4v) is 3.53. The summed E-state index contributed by atoms with van der Waals surface area (Å²) in [4.78, 5) is 46.3. The fraction of sp³-hybridized carbons (Fsp3) is 0.217. The maximum atomic E-state index is 13.3. The number of benzene rings is 1. The smallest absolute Gasteiger partial charge is 0.357 e.